The molecule has 0 unspecified atom stereocenters. The molecular formula is C14H12N4O4. The molecule has 2 aromatic heterocycles. The third-order valence-electron chi connectivity index (χ3n) is 3.16. The summed E-state index contributed by atoms with van der Waals surface area (Å²) in [6.45, 7) is 0.0893. The fraction of sp³-hybridized carbons (Fsp3) is 0.143. The van der Waals surface area contributed by atoms with Gasteiger partial charge >= 0.3 is 11.7 Å². The van der Waals surface area contributed by atoms with Gasteiger partial charge in [0.1, 0.15) is 12.1 Å². The van der Waals surface area contributed by atoms with Gasteiger partial charge < -0.3 is 9.72 Å². The molecule has 2 heterocycles. The van der Waals surface area contributed by atoms with Crippen LogP contribution in [0.1, 0.15) is 16.2 Å². The van der Waals surface area contributed by atoms with Gasteiger partial charge in [0.05, 0.1) is 0 Å². The number of aromatic nitrogens is 4. The molecule has 0 aliphatic carbocycles. The van der Waals surface area contributed by atoms with Crippen LogP contribution in [0.25, 0.3) is 11.2 Å². The molecule has 2 N–H and O–H groups in total. The summed E-state index contributed by atoms with van der Waals surface area (Å²) in [5.74, 6) is -0.829. The highest BCUT2D eigenvalue weighted by Gasteiger charge is 2.17. The fourth-order valence-electron chi connectivity index (χ4n) is 1.99. The molecule has 0 spiro atoms. The number of aryl methyl sites for hydroxylation is 1. The highest BCUT2D eigenvalue weighted by Crippen LogP contribution is 2.07. The lowest BCUT2D eigenvalue weighted by atomic mass is 10.2. The summed E-state index contributed by atoms with van der Waals surface area (Å²) in [5.41, 5.74) is -0.257. The maximum atomic E-state index is 12.0. The number of ether oxygens (including phenoxy) is 1. The molecule has 0 saturated heterocycles. The van der Waals surface area contributed by atoms with Crippen molar-refractivity contribution < 1.29 is 9.53 Å². The second-order valence-corrected chi connectivity index (χ2v) is 4.66. The first-order valence-electron chi connectivity index (χ1n) is 6.46. The Morgan fingerprint density at radius 3 is 2.68 bits per heavy atom. The van der Waals surface area contributed by atoms with E-state index >= 15 is 0 Å². The van der Waals surface area contributed by atoms with Crippen molar-refractivity contribution in [3.63, 3.8) is 0 Å². The van der Waals surface area contributed by atoms with Crippen LogP contribution in [0.15, 0.2) is 39.9 Å². The number of nitrogens with one attached hydrogen (secondary N) is 2. The molecule has 0 fully saturated rings. The van der Waals surface area contributed by atoms with Crippen molar-refractivity contribution in [1.29, 1.82) is 0 Å². The molecule has 3 aromatic rings. The molecule has 0 atom stereocenters. The molecular weight excluding hydrogens is 288 g/mol. The molecule has 0 radical (unpaired) electrons. The van der Waals surface area contributed by atoms with Crippen LogP contribution in [-0.2, 0) is 18.4 Å². The van der Waals surface area contributed by atoms with Crippen molar-refractivity contribution >= 4 is 17.1 Å². The molecule has 3 rings (SSSR count). The van der Waals surface area contributed by atoms with Gasteiger partial charge in [-0.05, 0) is 5.56 Å². The zero-order chi connectivity index (χ0) is 15.7. The predicted octanol–water partition coefficient (Wildman–Crippen LogP) is 0.307. The normalized spacial score (nSPS) is 10.8. The van der Waals surface area contributed by atoms with Crippen LogP contribution in [0.3, 0.4) is 0 Å². The number of H-pyrrole nitrogens is 2. The summed E-state index contributed by atoms with van der Waals surface area (Å²) >= 11 is 0. The molecule has 0 bridgehead atoms. The molecule has 0 saturated carbocycles. The predicted molar refractivity (Wildman–Crippen MR) is 77.5 cm³/mol. The number of carbonyl (C=O) groups excluding carboxylic acids is 1. The molecule has 112 valence electrons. The number of benzene rings is 1. The van der Waals surface area contributed by atoms with Gasteiger partial charge in [-0.1, -0.05) is 30.3 Å². The van der Waals surface area contributed by atoms with Gasteiger partial charge in [-0.3, -0.25) is 14.3 Å². The standard InChI is InChI=1S/C14H12N4O4/c1-18-11-9(12(19)17-14(18)21)15-10(16-11)13(20)22-7-8-5-3-2-4-6-8/h2-6H,7H2,1H3,(H,15,16)(H,17,19,21). The third kappa shape index (κ3) is 2.41. The minimum Gasteiger partial charge on any atom is -0.455 e. The van der Waals surface area contributed by atoms with Crippen LogP contribution in [0.2, 0.25) is 0 Å². The van der Waals surface area contributed by atoms with Crippen molar-refractivity contribution in [1.82, 2.24) is 19.5 Å². The molecule has 1 aromatic carbocycles. The second kappa shape index (κ2) is 5.32. The molecule has 0 amide bonds. The summed E-state index contributed by atoms with van der Waals surface area (Å²) in [5, 5.41) is 0. The quantitative estimate of drug-likeness (QED) is 0.676. The van der Waals surface area contributed by atoms with Crippen molar-refractivity contribution in [2.24, 2.45) is 7.05 Å². The highest BCUT2D eigenvalue weighted by atomic mass is 16.5. The van der Waals surface area contributed by atoms with E-state index in [0.29, 0.717) is 0 Å². The maximum Gasteiger partial charge on any atom is 0.374 e. The lowest BCUT2D eigenvalue weighted by molar-refractivity contribution is 0.0460. The highest BCUT2D eigenvalue weighted by molar-refractivity contribution is 5.89. The van der Waals surface area contributed by atoms with Crippen molar-refractivity contribution in [3.05, 3.63) is 62.6 Å². The van der Waals surface area contributed by atoms with Crippen molar-refractivity contribution in [2.75, 3.05) is 0 Å². The summed E-state index contributed by atoms with van der Waals surface area (Å²) < 4.78 is 6.26. The van der Waals surface area contributed by atoms with E-state index in [0.717, 1.165) is 10.1 Å². The van der Waals surface area contributed by atoms with Gasteiger partial charge in [0.2, 0.25) is 5.82 Å². The topological polar surface area (TPSA) is 110 Å². The lowest BCUT2D eigenvalue weighted by Gasteiger charge is -2.02. The van der Waals surface area contributed by atoms with E-state index in [9.17, 15) is 14.4 Å². The van der Waals surface area contributed by atoms with Crippen LogP contribution >= 0.6 is 0 Å². The van der Waals surface area contributed by atoms with E-state index in [2.05, 4.69) is 15.0 Å². The largest absolute Gasteiger partial charge is 0.455 e. The van der Waals surface area contributed by atoms with Gasteiger partial charge in [-0.15, -0.1) is 0 Å². The summed E-state index contributed by atoms with van der Waals surface area (Å²) in [7, 11) is 1.44. The number of nitrogens with zero attached hydrogens (tertiary/aromatic N) is 2. The zero-order valence-electron chi connectivity index (χ0n) is 11.6. The number of hydrogen-bond donors (Lipinski definition) is 2. The van der Waals surface area contributed by atoms with Crippen LogP contribution in [0, 0.1) is 0 Å². The Morgan fingerprint density at radius 1 is 1.23 bits per heavy atom. The van der Waals surface area contributed by atoms with Crippen molar-refractivity contribution in [2.45, 2.75) is 6.61 Å². The lowest BCUT2D eigenvalue weighted by Crippen LogP contribution is -2.28. The number of imidazole rings is 1. The molecule has 22 heavy (non-hydrogen) atoms. The van der Waals surface area contributed by atoms with E-state index in [1.807, 2.05) is 30.3 Å². The molecule has 0 aliphatic rings. The monoisotopic (exact) mass is 300 g/mol. The number of carbonyl (C=O) groups is 1. The zero-order valence-corrected chi connectivity index (χ0v) is 11.6. The van der Waals surface area contributed by atoms with E-state index in [1.165, 1.54) is 7.05 Å². The van der Waals surface area contributed by atoms with Crippen LogP contribution in [0.5, 0.6) is 0 Å². The van der Waals surface area contributed by atoms with Gasteiger partial charge in [-0.2, -0.15) is 0 Å². The third-order valence-corrected chi connectivity index (χ3v) is 3.16. The van der Waals surface area contributed by atoms with E-state index in [-0.39, 0.29) is 23.6 Å². The Hall–Kier alpha value is -3.16. The Bertz CT molecular complexity index is 952. The Labute approximate surface area is 123 Å². The molecule has 8 heteroatoms. The van der Waals surface area contributed by atoms with Crippen LogP contribution in [0.4, 0.5) is 0 Å². The first-order valence-corrected chi connectivity index (χ1v) is 6.46. The smallest absolute Gasteiger partial charge is 0.374 e. The Balaban J connectivity index is 1.89. The van der Waals surface area contributed by atoms with E-state index in [1.54, 1.807) is 0 Å². The average Bonchev–Trinajstić information content (AvgIpc) is 2.97. The van der Waals surface area contributed by atoms with Gasteiger partial charge in [0, 0.05) is 7.05 Å². The van der Waals surface area contributed by atoms with Crippen molar-refractivity contribution in [3.8, 4) is 0 Å². The van der Waals surface area contributed by atoms with E-state index in [4.69, 9.17) is 4.74 Å². The first-order chi connectivity index (χ1) is 10.6. The number of aromatic amines is 2. The minimum absolute atomic E-state index is 0.0498. The molecule has 8 nitrogen and oxygen atoms in total. The number of fused-ring (bicyclic) bond motifs is 1. The summed E-state index contributed by atoms with van der Waals surface area (Å²) in [6.07, 6.45) is 0. The van der Waals surface area contributed by atoms with Gasteiger partial charge in [0.25, 0.3) is 5.56 Å². The summed E-state index contributed by atoms with van der Waals surface area (Å²) in [4.78, 5) is 43.8. The second-order valence-electron chi connectivity index (χ2n) is 4.66. The Kier molecular flexibility index (Phi) is 3.34. The Morgan fingerprint density at radius 2 is 1.95 bits per heavy atom. The number of hydrogen-bond acceptors (Lipinski definition) is 5. The van der Waals surface area contributed by atoms with Crippen LogP contribution in [-0.4, -0.2) is 25.5 Å². The summed E-state index contributed by atoms with van der Waals surface area (Å²) in [6, 6.07) is 9.16. The minimum atomic E-state index is -0.702. The first kappa shape index (κ1) is 13.8. The van der Waals surface area contributed by atoms with E-state index < -0.39 is 17.2 Å². The van der Waals surface area contributed by atoms with Crippen LogP contribution < -0.4 is 11.2 Å². The van der Waals surface area contributed by atoms with Gasteiger partial charge in [0.15, 0.2) is 5.65 Å². The van der Waals surface area contributed by atoms with Gasteiger partial charge in [-0.25, -0.2) is 14.6 Å². The fourth-order valence-corrected chi connectivity index (χ4v) is 1.99. The number of rotatable bonds is 3. The number of esters is 1. The molecule has 0 aliphatic heterocycles. The maximum absolute atomic E-state index is 12.0. The SMILES string of the molecule is Cn1c(=O)[nH]c(=O)c2[nH]c(C(=O)OCc3ccccc3)nc21. The average molecular weight is 300 g/mol.